The Labute approximate surface area is 646 Å². The fourth-order valence-electron chi connectivity index (χ4n) is 12.6. The average molecular weight is 1300 g/mol. The largest absolute Gasteiger partial charge is 0.455 e. The summed E-state index contributed by atoms with van der Waals surface area (Å²) in [7, 11) is 0. The normalized spacial score (nSPS) is 20.2. The van der Waals surface area contributed by atoms with Gasteiger partial charge in [0.15, 0.2) is 0 Å². The highest BCUT2D eigenvalue weighted by Crippen LogP contribution is 2.52. The summed E-state index contributed by atoms with van der Waals surface area (Å²) in [6.07, 6.45) is 0. The molecule has 98 heavy (non-hydrogen) atoms. The Morgan fingerprint density at radius 3 is 0.867 bits per heavy atom. The van der Waals surface area contributed by atoms with E-state index in [4.69, 9.17) is 59.6 Å². The fraction of sp³-hybridized carbons (Fsp3) is 0. The topological polar surface area (TPSA) is 26.3 Å². The molecular weight excluding hydrogens is 1190 g/mol. The Kier molecular flexibility index (Phi) is 5.24. The lowest BCUT2D eigenvalue weighted by Crippen LogP contribution is -1.93. The van der Waals surface area contributed by atoms with Crippen LogP contribution < -0.4 is 0 Å². The van der Waals surface area contributed by atoms with Crippen LogP contribution in [0.4, 0.5) is 0 Å². The molecule has 0 aliphatic heterocycles. The molecule has 0 unspecified atom stereocenters. The maximum atomic E-state index is 9.98. The second kappa shape index (κ2) is 22.4. The summed E-state index contributed by atoms with van der Waals surface area (Å²) < 4.78 is 539. The molecule has 0 spiro atoms. The van der Waals surface area contributed by atoms with Crippen molar-refractivity contribution in [2.24, 2.45) is 0 Å². The van der Waals surface area contributed by atoms with Crippen LogP contribution in [0.1, 0.15) is 79.5 Å². The zero-order valence-corrected chi connectivity index (χ0v) is 48.8. The molecule has 19 aromatic carbocycles. The third-order valence-corrected chi connectivity index (χ3v) is 16.6. The zero-order chi connectivity index (χ0) is 115. The average Bonchev–Trinajstić information content (AvgIpc) is 1.14. The number of rotatable bonds is 6. The van der Waals surface area contributed by atoms with Gasteiger partial charge < -0.3 is 8.83 Å². The minimum absolute atomic E-state index is 0.469. The van der Waals surface area contributed by atoms with Gasteiger partial charge in [-0.1, -0.05) is 326 Å². The predicted octanol–water partition coefficient (Wildman–Crippen LogP) is 27.6. The molecule has 0 amide bonds. The lowest BCUT2D eigenvalue weighted by atomic mass is 9.83. The minimum atomic E-state index is -1.15. The summed E-state index contributed by atoms with van der Waals surface area (Å²) in [4.78, 5) is 0. The Morgan fingerprint density at radius 2 is 0.439 bits per heavy atom. The van der Waals surface area contributed by atoms with Crippen LogP contribution >= 0.6 is 0 Å². The molecule has 0 saturated carbocycles. The van der Waals surface area contributed by atoms with Crippen molar-refractivity contribution in [1.29, 1.82) is 0 Å². The van der Waals surface area contributed by atoms with Crippen molar-refractivity contribution in [3.8, 4) is 66.8 Å². The van der Waals surface area contributed by atoms with Gasteiger partial charge in [0, 0.05) is 32.3 Å². The number of hydrogen-bond donors (Lipinski definition) is 0. The van der Waals surface area contributed by atoms with Gasteiger partial charge in [-0.15, -0.1) is 0 Å². The van der Waals surface area contributed by atoms with Crippen LogP contribution in [0.3, 0.4) is 0 Å². The maximum absolute atomic E-state index is 9.98. The first-order valence-electron chi connectivity index (χ1n) is 58.1. The summed E-state index contributed by atoms with van der Waals surface area (Å²) in [6.45, 7) is 0. The molecule has 2 nitrogen and oxygen atoms in total. The first kappa shape index (κ1) is 22.9. The van der Waals surface area contributed by atoms with E-state index in [0.717, 1.165) is 0 Å². The molecule has 0 aliphatic carbocycles. The van der Waals surface area contributed by atoms with E-state index in [2.05, 4.69) is 0 Å². The predicted molar refractivity (Wildman–Crippen MR) is 418 cm³/mol. The summed E-state index contributed by atoms with van der Waals surface area (Å²) >= 11 is 0. The molecule has 0 N–H and O–H groups in total. The Balaban J connectivity index is 0.000000188. The van der Waals surface area contributed by atoms with E-state index >= 15 is 0 Å². The molecule has 0 atom stereocenters. The van der Waals surface area contributed by atoms with Gasteiger partial charge >= 0.3 is 0 Å². The molecule has 21 aromatic rings. The quantitative estimate of drug-likeness (QED) is 0.155. The number of benzene rings is 19. The van der Waals surface area contributed by atoms with Crippen LogP contribution in [0, 0.1) is 0 Å². The SMILES string of the molecule is [2H]c1c([2H])c(-c2c3c([2H])c([2H])c([2H])c([2H])c3c(-c3c([2H])c([2H])c(-c4c([2H])c([2H])c([2H])c5c([2H])c([2H])c([2H])c([2H])c45)c4c([2H])c([2H])c([2H])c([2H])c34)c3c([2H])c([2H])c([2H])c([2H])c23)c2c(oc3c4c([2H])c([2H])c([2H])c([2H])c4c([2H])c([2H])c32)c1[2H].[2H]c1c([2H])c([2H])c(-c2c([2H])c([2H])c(-c3c4c([2H])c([2H])c([2H])c([2H])c4c(-c4c([2H])c([2H])c([2H])c5oc6c7c([2H])c([2H])c([2H])c([2H])c7c([2H])c([2H])c6c45)c4c([2H])c([2H])c([2H])c([2H])c34)c3c([2H])c([2H])c([2H])c([2H])c23)c([2H])c1[2H]. The highest BCUT2D eigenvalue weighted by atomic mass is 16.3. The lowest BCUT2D eigenvalue weighted by molar-refractivity contribution is 0.672. The van der Waals surface area contributed by atoms with Gasteiger partial charge in [-0.25, -0.2) is 0 Å². The van der Waals surface area contributed by atoms with Gasteiger partial charge in [0.1, 0.15) is 22.3 Å². The fourth-order valence-corrected chi connectivity index (χ4v) is 12.6. The molecule has 0 bridgehead atoms. The van der Waals surface area contributed by atoms with Gasteiger partial charge in [-0.05, 0) is 177 Å². The van der Waals surface area contributed by atoms with Crippen LogP contribution in [0.2, 0.25) is 0 Å². The van der Waals surface area contributed by atoms with E-state index in [0.29, 0.717) is 0 Å². The Morgan fingerprint density at radius 1 is 0.163 bits per heavy atom. The van der Waals surface area contributed by atoms with Crippen molar-refractivity contribution in [2.75, 3.05) is 0 Å². The summed E-state index contributed by atoms with van der Waals surface area (Å²) in [6, 6.07) is -55.5. The second-order valence-corrected chi connectivity index (χ2v) is 21.5. The highest BCUT2D eigenvalue weighted by molar-refractivity contribution is 6.31. The van der Waals surface area contributed by atoms with Crippen molar-refractivity contribution in [3.05, 3.63) is 350 Å². The lowest BCUT2D eigenvalue weighted by Gasteiger charge is -2.20. The number of furan rings is 2. The van der Waals surface area contributed by atoms with Crippen LogP contribution in [0.25, 0.3) is 208 Å². The van der Waals surface area contributed by atoms with Gasteiger partial charge in [0.25, 0.3) is 0 Å². The van der Waals surface area contributed by atoms with Crippen molar-refractivity contribution in [2.45, 2.75) is 0 Å². The highest BCUT2D eigenvalue weighted by Gasteiger charge is 2.25. The molecule has 0 radical (unpaired) electrons. The zero-order valence-electron chi connectivity index (χ0n) is 107. The van der Waals surface area contributed by atoms with E-state index in [1.54, 1.807) is 0 Å². The van der Waals surface area contributed by atoms with E-state index in [9.17, 15) is 28.8 Å². The summed E-state index contributed by atoms with van der Waals surface area (Å²) in [5.74, 6) is 0. The standard InChI is InChI=1S/C50H30O.C46H28O/c1-3-16-33-31(13-1)15-11-24-35(33)38-29-30-43(37-19-6-5-18-36(37)38)47-39-20-7-9-22-41(39)48(42-23-10-8-21-40(42)47)44-25-12-26-46-49(44)45-28-27-32-14-2-4-17-34(32)50(45)51-46;1-2-13-29(14-3-1)31-27-28-39(34-18-7-6-17-33(31)34)43-35-19-8-10-21-37(35)44(38-22-11-9-20-36(38)43)40-23-12-24-42-45(40)41-26-25-30-15-4-5-16-32(30)46(41)47-42/h1-30H;1-28H/i1D,2D,3D,4D,5D,6D,7D,8D,9D,10D,11D,12D,13D,14D,15D,16D,17D,18D,19D,20D,21D,22D,23D,24D,25D,26D,27D,28D,29D,30D;1D,2D,3D,4D,5D,6D,7D,8D,9D,10D,11D,12D,13D,14D,15D,16D,17D,18D,19D,20D,21D,22D,23D,24D,25D,26D,27D,28D. The molecule has 2 heterocycles. The molecule has 454 valence electrons. The molecular formula is C96H58O2. The third-order valence-electron chi connectivity index (χ3n) is 16.6. The molecule has 2 heteroatoms. The van der Waals surface area contributed by atoms with Crippen molar-refractivity contribution in [1.82, 2.24) is 0 Å². The number of hydrogen-bond acceptors (Lipinski definition) is 2. The van der Waals surface area contributed by atoms with Crippen LogP contribution in [0.5, 0.6) is 0 Å². The number of fused-ring (bicyclic) bond motifs is 17. The van der Waals surface area contributed by atoms with Gasteiger partial charge in [0.05, 0.1) is 79.5 Å². The van der Waals surface area contributed by atoms with Gasteiger partial charge in [-0.2, -0.15) is 0 Å². The van der Waals surface area contributed by atoms with E-state index in [1.807, 2.05) is 0 Å². The summed E-state index contributed by atoms with van der Waals surface area (Å²) in [5, 5.41) is -14.9. The summed E-state index contributed by atoms with van der Waals surface area (Å²) in [5.41, 5.74) is -11.8. The third kappa shape index (κ3) is 8.55. The maximum Gasteiger partial charge on any atom is 0.143 e. The van der Waals surface area contributed by atoms with E-state index in [-0.39, 0.29) is 0 Å². The van der Waals surface area contributed by atoms with Crippen LogP contribution in [-0.2, 0) is 0 Å². The van der Waals surface area contributed by atoms with Crippen LogP contribution in [0.15, 0.2) is 359 Å². The Bertz CT molecular complexity index is 10300. The molecule has 0 aliphatic rings. The first-order valence-corrected chi connectivity index (χ1v) is 29.1. The van der Waals surface area contributed by atoms with Crippen LogP contribution in [-0.4, -0.2) is 0 Å². The molecule has 2 aromatic heterocycles. The molecule has 0 fully saturated rings. The monoisotopic (exact) mass is 1300 g/mol. The van der Waals surface area contributed by atoms with Crippen molar-refractivity contribution < 1.29 is 88.3 Å². The van der Waals surface area contributed by atoms with E-state index < -0.39 is 558 Å². The van der Waals surface area contributed by atoms with Gasteiger partial charge in [-0.3, -0.25) is 0 Å². The molecule has 0 saturated heterocycles. The smallest absolute Gasteiger partial charge is 0.143 e. The Hall–Kier alpha value is -12.9. The van der Waals surface area contributed by atoms with E-state index in [1.165, 1.54) is 0 Å². The van der Waals surface area contributed by atoms with Crippen molar-refractivity contribution in [3.63, 3.8) is 0 Å². The minimum Gasteiger partial charge on any atom is -0.455 e. The molecule has 21 rings (SSSR count). The van der Waals surface area contributed by atoms with Crippen molar-refractivity contribution >= 4 is 141 Å². The first-order chi connectivity index (χ1) is 72.8. The second-order valence-electron chi connectivity index (χ2n) is 21.5. The van der Waals surface area contributed by atoms with Gasteiger partial charge in [0.2, 0.25) is 0 Å².